The highest BCUT2D eigenvalue weighted by Gasteiger charge is 2.07. The molecule has 2 aromatic heterocycles. The van der Waals surface area contributed by atoms with Crippen LogP contribution >= 0.6 is 38.9 Å². The van der Waals surface area contributed by atoms with Crippen LogP contribution in [0.1, 0.15) is 10.6 Å². The first kappa shape index (κ1) is 10.2. The van der Waals surface area contributed by atoms with Gasteiger partial charge in [-0.1, -0.05) is 11.6 Å². The van der Waals surface area contributed by atoms with Gasteiger partial charge in [0.15, 0.2) is 0 Å². The fourth-order valence-corrected chi connectivity index (χ4v) is 2.76. The maximum absolute atomic E-state index is 5.92. The van der Waals surface area contributed by atoms with Crippen molar-refractivity contribution in [2.24, 2.45) is 0 Å². The largest absolute Gasteiger partial charge is 0.263 e. The van der Waals surface area contributed by atoms with Gasteiger partial charge in [-0.3, -0.25) is 4.68 Å². The third kappa shape index (κ3) is 1.87. The zero-order valence-corrected chi connectivity index (χ0v) is 10.7. The van der Waals surface area contributed by atoms with Crippen molar-refractivity contribution in [1.82, 2.24) is 9.78 Å². The van der Waals surface area contributed by atoms with Crippen molar-refractivity contribution >= 4 is 38.9 Å². The fourth-order valence-electron chi connectivity index (χ4n) is 1.16. The van der Waals surface area contributed by atoms with Gasteiger partial charge in [-0.25, -0.2) is 0 Å². The second-order valence-corrected chi connectivity index (χ2v) is 5.19. The molecular formula is C9H8BrClN2S. The van der Waals surface area contributed by atoms with E-state index in [1.807, 2.05) is 17.7 Å². The molecule has 0 N–H and O–H groups in total. The molecule has 0 aliphatic carbocycles. The van der Waals surface area contributed by atoms with Gasteiger partial charge in [0.2, 0.25) is 0 Å². The zero-order valence-electron chi connectivity index (χ0n) is 7.50. The van der Waals surface area contributed by atoms with Crippen LogP contribution in [-0.2, 0) is 6.54 Å². The summed E-state index contributed by atoms with van der Waals surface area (Å²) in [5.41, 5.74) is 1.01. The van der Waals surface area contributed by atoms with Crippen LogP contribution < -0.4 is 0 Å². The van der Waals surface area contributed by atoms with Crippen LogP contribution in [0.15, 0.2) is 22.1 Å². The van der Waals surface area contributed by atoms with E-state index in [9.17, 15) is 0 Å². The molecule has 0 spiro atoms. The van der Waals surface area contributed by atoms with E-state index in [1.54, 1.807) is 17.5 Å². The quantitative estimate of drug-likeness (QED) is 0.824. The van der Waals surface area contributed by atoms with Gasteiger partial charge in [-0.2, -0.15) is 5.10 Å². The van der Waals surface area contributed by atoms with Gasteiger partial charge in [-0.05, 0) is 34.3 Å². The first-order valence-corrected chi connectivity index (χ1v) is 6.13. The van der Waals surface area contributed by atoms with Crippen molar-refractivity contribution in [1.29, 1.82) is 0 Å². The lowest BCUT2D eigenvalue weighted by Crippen LogP contribution is -2.02. The van der Waals surface area contributed by atoms with Crippen LogP contribution in [0.4, 0.5) is 0 Å². The van der Waals surface area contributed by atoms with E-state index >= 15 is 0 Å². The highest BCUT2D eigenvalue weighted by atomic mass is 79.9. The summed E-state index contributed by atoms with van der Waals surface area (Å²) in [4.78, 5) is 1.26. The summed E-state index contributed by atoms with van der Waals surface area (Å²) < 4.78 is 3.03. The zero-order chi connectivity index (χ0) is 10.1. The first-order chi connectivity index (χ1) is 6.68. The Balaban J connectivity index is 2.27. The van der Waals surface area contributed by atoms with Crippen molar-refractivity contribution in [3.63, 3.8) is 0 Å². The standard InChI is InChI=1S/C9H8BrClN2S/c1-6-8(11)4-12-13(6)5-9-7(10)2-3-14-9/h2-4H,5H2,1H3. The highest BCUT2D eigenvalue weighted by molar-refractivity contribution is 9.10. The van der Waals surface area contributed by atoms with Crippen LogP contribution in [0.25, 0.3) is 0 Å². The van der Waals surface area contributed by atoms with Crippen LogP contribution in [0.3, 0.4) is 0 Å². The number of hydrogen-bond donors (Lipinski definition) is 0. The molecule has 0 aromatic carbocycles. The van der Waals surface area contributed by atoms with Crippen molar-refractivity contribution < 1.29 is 0 Å². The minimum absolute atomic E-state index is 0.720. The van der Waals surface area contributed by atoms with E-state index in [0.717, 1.165) is 21.7 Å². The van der Waals surface area contributed by atoms with Gasteiger partial charge >= 0.3 is 0 Å². The smallest absolute Gasteiger partial charge is 0.0815 e. The average Bonchev–Trinajstić information content (AvgIpc) is 2.68. The molecule has 0 unspecified atom stereocenters. The molecule has 0 saturated carbocycles. The molecule has 0 saturated heterocycles. The molecular weight excluding hydrogens is 284 g/mol. The van der Waals surface area contributed by atoms with Crippen molar-refractivity contribution in [3.8, 4) is 0 Å². The topological polar surface area (TPSA) is 17.8 Å². The summed E-state index contributed by atoms with van der Waals surface area (Å²) in [5.74, 6) is 0. The van der Waals surface area contributed by atoms with E-state index < -0.39 is 0 Å². The number of hydrogen-bond acceptors (Lipinski definition) is 2. The van der Waals surface area contributed by atoms with Crippen LogP contribution in [0.5, 0.6) is 0 Å². The highest BCUT2D eigenvalue weighted by Crippen LogP contribution is 2.24. The Hall–Kier alpha value is -0.320. The molecule has 0 aliphatic heterocycles. The number of aromatic nitrogens is 2. The van der Waals surface area contributed by atoms with E-state index in [1.165, 1.54) is 4.88 Å². The van der Waals surface area contributed by atoms with E-state index in [-0.39, 0.29) is 0 Å². The Labute approximate surface area is 99.6 Å². The molecule has 0 fully saturated rings. The maximum Gasteiger partial charge on any atom is 0.0815 e. The Bertz CT molecular complexity index is 449. The lowest BCUT2D eigenvalue weighted by Gasteiger charge is -2.02. The van der Waals surface area contributed by atoms with Gasteiger partial charge in [0.1, 0.15) is 0 Å². The van der Waals surface area contributed by atoms with Gasteiger partial charge < -0.3 is 0 Å². The van der Waals surface area contributed by atoms with Gasteiger partial charge in [0, 0.05) is 9.35 Å². The molecule has 0 amide bonds. The maximum atomic E-state index is 5.92. The van der Waals surface area contributed by atoms with Crippen molar-refractivity contribution in [2.45, 2.75) is 13.5 Å². The molecule has 0 radical (unpaired) electrons. The molecule has 2 nitrogen and oxygen atoms in total. The predicted octanol–water partition coefficient (Wildman–Crippen LogP) is 3.72. The number of nitrogens with zero attached hydrogens (tertiary/aromatic N) is 2. The number of thiophene rings is 1. The normalized spacial score (nSPS) is 10.8. The third-order valence-corrected chi connectivity index (χ3v) is 4.31. The monoisotopic (exact) mass is 290 g/mol. The summed E-state index contributed by atoms with van der Waals surface area (Å²) in [6.07, 6.45) is 1.68. The van der Waals surface area contributed by atoms with Crippen LogP contribution in [0.2, 0.25) is 5.02 Å². The number of rotatable bonds is 2. The summed E-state index contributed by atoms with van der Waals surface area (Å²) in [6.45, 7) is 2.74. The fraction of sp³-hybridized carbons (Fsp3) is 0.222. The Morgan fingerprint density at radius 2 is 2.43 bits per heavy atom. The minimum Gasteiger partial charge on any atom is -0.263 e. The first-order valence-electron chi connectivity index (χ1n) is 4.08. The van der Waals surface area contributed by atoms with Crippen LogP contribution in [0, 0.1) is 6.92 Å². The minimum atomic E-state index is 0.720. The van der Waals surface area contributed by atoms with Gasteiger partial charge in [0.25, 0.3) is 0 Å². The molecule has 0 atom stereocenters. The SMILES string of the molecule is Cc1c(Cl)cnn1Cc1sccc1Br. The lowest BCUT2D eigenvalue weighted by atomic mass is 10.4. The molecule has 74 valence electrons. The second-order valence-electron chi connectivity index (χ2n) is 2.93. The second kappa shape index (κ2) is 4.04. The van der Waals surface area contributed by atoms with Crippen molar-refractivity contribution in [3.05, 3.63) is 37.7 Å². The average molecular weight is 292 g/mol. The van der Waals surface area contributed by atoms with Gasteiger partial charge in [-0.15, -0.1) is 11.3 Å². The molecule has 0 bridgehead atoms. The molecule has 2 aromatic rings. The molecule has 2 heterocycles. The summed E-state index contributed by atoms with van der Waals surface area (Å²) in [7, 11) is 0. The third-order valence-electron chi connectivity index (χ3n) is 2.03. The summed E-state index contributed by atoms with van der Waals surface area (Å²) in [6, 6.07) is 2.04. The predicted molar refractivity (Wildman–Crippen MR) is 63.1 cm³/mol. The Kier molecular flexibility index (Phi) is 2.95. The summed E-state index contributed by atoms with van der Waals surface area (Å²) in [5, 5.41) is 6.98. The van der Waals surface area contributed by atoms with Crippen LogP contribution in [-0.4, -0.2) is 9.78 Å². The molecule has 2 rings (SSSR count). The molecule has 0 aliphatic rings. The van der Waals surface area contributed by atoms with Crippen molar-refractivity contribution in [2.75, 3.05) is 0 Å². The lowest BCUT2D eigenvalue weighted by molar-refractivity contribution is 0.671. The molecule has 5 heteroatoms. The van der Waals surface area contributed by atoms with E-state index in [4.69, 9.17) is 11.6 Å². The Morgan fingerprint density at radius 1 is 1.64 bits per heavy atom. The van der Waals surface area contributed by atoms with Gasteiger partial charge in [0.05, 0.1) is 23.5 Å². The summed E-state index contributed by atoms with van der Waals surface area (Å²) >= 11 is 11.1. The number of halogens is 2. The molecule has 14 heavy (non-hydrogen) atoms. The van der Waals surface area contributed by atoms with E-state index in [0.29, 0.717) is 0 Å². The Morgan fingerprint density at radius 3 is 2.93 bits per heavy atom. The van der Waals surface area contributed by atoms with E-state index in [2.05, 4.69) is 26.4 Å².